The normalized spacial score (nSPS) is 13.1. The van der Waals surface area contributed by atoms with Crippen molar-refractivity contribution < 1.29 is 21.8 Å². The summed E-state index contributed by atoms with van der Waals surface area (Å²) in [5, 5.41) is -0.306. The number of halogens is 2. The highest BCUT2D eigenvalue weighted by Gasteiger charge is 2.35. The van der Waals surface area contributed by atoms with E-state index in [-0.39, 0.29) is 33.1 Å². The second-order valence-corrected chi connectivity index (χ2v) is 10.2. The molecule has 0 spiro atoms. The zero-order valence-electron chi connectivity index (χ0n) is 15.1. The number of benzene rings is 2. The lowest BCUT2D eigenvalue weighted by molar-refractivity contribution is 0.442. The van der Waals surface area contributed by atoms with Gasteiger partial charge in [-0.1, -0.05) is 31.5 Å². The van der Waals surface area contributed by atoms with Crippen molar-refractivity contribution in [2.75, 3.05) is 5.75 Å². The molecular weight excluding hydrogens is 425 g/mol. The lowest BCUT2D eigenvalue weighted by Gasteiger charge is -2.10. The molecule has 1 atom stereocenters. The lowest BCUT2D eigenvalue weighted by Crippen LogP contribution is -2.15. The van der Waals surface area contributed by atoms with Crippen LogP contribution in [0, 0.1) is 11.7 Å². The van der Waals surface area contributed by atoms with Gasteiger partial charge in [0.25, 0.3) is 5.03 Å². The van der Waals surface area contributed by atoms with Crippen LogP contribution in [0.25, 0.3) is 11.5 Å². The van der Waals surface area contributed by atoms with Crippen molar-refractivity contribution in [1.82, 2.24) is 4.98 Å². The quantitative estimate of drug-likeness (QED) is 0.516. The SMILES string of the molecule is CC(C)C[S+]([O-])c1oc(-c2cccc(F)c2)nc1S(=O)(=O)c1ccc(Cl)cc1. The fourth-order valence-corrected chi connectivity index (χ4v) is 5.54. The maximum atomic E-state index is 13.6. The highest BCUT2D eigenvalue weighted by Crippen LogP contribution is 2.33. The van der Waals surface area contributed by atoms with Crippen molar-refractivity contribution in [2.45, 2.75) is 28.9 Å². The molecule has 1 heterocycles. The highest BCUT2D eigenvalue weighted by molar-refractivity contribution is 7.94. The maximum Gasteiger partial charge on any atom is 0.351 e. The molecule has 1 aromatic heterocycles. The van der Waals surface area contributed by atoms with Crippen LogP contribution in [0.3, 0.4) is 0 Å². The van der Waals surface area contributed by atoms with Gasteiger partial charge in [0.2, 0.25) is 15.7 Å². The van der Waals surface area contributed by atoms with Crippen LogP contribution < -0.4 is 0 Å². The number of hydrogen-bond donors (Lipinski definition) is 0. The van der Waals surface area contributed by atoms with Crippen LogP contribution in [0.1, 0.15) is 13.8 Å². The molecule has 0 N–H and O–H groups in total. The minimum atomic E-state index is -4.11. The van der Waals surface area contributed by atoms with Gasteiger partial charge < -0.3 is 8.97 Å². The van der Waals surface area contributed by atoms with Crippen molar-refractivity contribution in [3.05, 3.63) is 59.4 Å². The van der Waals surface area contributed by atoms with Gasteiger partial charge in [0.05, 0.1) is 4.90 Å². The number of aromatic nitrogens is 1. The Morgan fingerprint density at radius 3 is 2.50 bits per heavy atom. The molecule has 2 aromatic carbocycles. The molecule has 0 saturated heterocycles. The van der Waals surface area contributed by atoms with Crippen molar-refractivity contribution in [3.63, 3.8) is 0 Å². The molecule has 0 aliphatic carbocycles. The zero-order valence-corrected chi connectivity index (χ0v) is 17.4. The third kappa shape index (κ3) is 4.41. The third-order valence-electron chi connectivity index (χ3n) is 3.71. The first-order chi connectivity index (χ1) is 13.2. The first-order valence-electron chi connectivity index (χ1n) is 8.34. The second kappa shape index (κ2) is 8.24. The molecule has 0 bridgehead atoms. The van der Waals surface area contributed by atoms with E-state index >= 15 is 0 Å². The highest BCUT2D eigenvalue weighted by atomic mass is 35.5. The summed E-state index contributed by atoms with van der Waals surface area (Å²) in [5.74, 6) is -0.405. The Morgan fingerprint density at radius 1 is 1.21 bits per heavy atom. The molecule has 5 nitrogen and oxygen atoms in total. The average Bonchev–Trinajstić information content (AvgIpc) is 3.08. The summed E-state index contributed by atoms with van der Waals surface area (Å²) in [7, 11) is -4.11. The van der Waals surface area contributed by atoms with Crippen molar-refractivity contribution in [1.29, 1.82) is 0 Å². The Morgan fingerprint density at radius 2 is 1.89 bits per heavy atom. The van der Waals surface area contributed by atoms with Gasteiger partial charge in [0, 0.05) is 21.8 Å². The van der Waals surface area contributed by atoms with Gasteiger partial charge in [-0.25, -0.2) is 12.8 Å². The number of sulfone groups is 1. The summed E-state index contributed by atoms with van der Waals surface area (Å²) < 4.78 is 58.1. The summed E-state index contributed by atoms with van der Waals surface area (Å²) in [6.07, 6.45) is 0. The molecule has 0 amide bonds. The molecule has 0 saturated carbocycles. The molecule has 3 aromatic rings. The molecule has 0 aliphatic rings. The van der Waals surface area contributed by atoms with Crippen molar-refractivity contribution >= 4 is 32.6 Å². The van der Waals surface area contributed by atoms with E-state index < -0.39 is 31.9 Å². The number of nitrogens with zero attached hydrogens (tertiary/aromatic N) is 1. The minimum absolute atomic E-state index is 0.0367. The monoisotopic (exact) mass is 441 g/mol. The van der Waals surface area contributed by atoms with Gasteiger partial charge in [-0.05, 0) is 48.4 Å². The molecule has 0 aliphatic heterocycles. The van der Waals surface area contributed by atoms with Crippen LogP contribution in [-0.4, -0.2) is 23.7 Å². The Labute approximate surface area is 170 Å². The Kier molecular flexibility index (Phi) is 6.14. The van der Waals surface area contributed by atoms with Crippen LogP contribution in [0.5, 0.6) is 0 Å². The van der Waals surface area contributed by atoms with Gasteiger partial charge in [-0.15, -0.1) is 0 Å². The number of rotatable bonds is 6. The molecule has 9 heteroatoms. The summed E-state index contributed by atoms with van der Waals surface area (Å²) >= 11 is 4.10. The topological polar surface area (TPSA) is 83.2 Å². The van der Waals surface area contributed by atoms with Crippen LogP contribution in [0.15, 0.2) is 68.0 Å². The van der Waals surface area contributed by atoms with E-state index in [4.69, 9.17) is 16.0 Å². The predicted molar refractivity (Wildman–Crippen MR) is 105 cm³/mol. The van der Waals surface area contributed by atoms with E-state index in [1.807, 2.05) is 13.8 Å². The van der Waals surface area contributed by atoms with E-state index in [0.29, 0.717) is 5.02 Å². The van der Waals surface area contributed by atoms with E-state index in [1.165, 1.54) is 48.5 Å². The minimum Gasteiger partial charge on any atom is -0.609 e. The molecule has 1 unspecified atom stereocenters. The summed E-state index contributed by atoms with van der Waals surface area (Å²) in [6, 6.07) is 10.9. The van der Waals surface area contributed by atoms with Gasteiger partial charge >= 0.3 is 5.09 Å². The summed E-state index contributed by atoms with van der Waals surface area (Å²) in [4.78, 5) is 4.02. The largest absolute Gasteiger partial charge is 0.609 e. The lowest BCUT2D eigenvalue weighted by atomic mass is 10.2. The number of oxazole rings is 1. The van der Waals surface area contributed by atoms with Crippen molar-refractivity contribution in [2.24, 2.45) is 5.92 Å². The predicted octanol–water partition coefficient (Wildman–Crippen LogP) is 4.73. The first kappa shape index (κ1) is 20.9. The fraction of sp³-hybridized carbons (Fsp3) is 0.211. The molecular formula is C19H17ClFNO4S2. The fourth-order valence-electron chi connectivity index (χ4n) is 2.45. The first-order valence-corrected chi connectivity index (χ1v) is 11.5. The Balaban J connectivity index is 2.16. The van der Waals surface area contributed by atoms with Gasteiger partial charge in [-0.3, -0.25) is 0 Å². The van der Waals surface area contributed by atoms with Crippen LogP contribution >= 0.6 is 11.6 Å². The van der Waals surface area contributed by atoms with E-state index in [2.05, 4.69) is 4.98 Å². The van der Waals surface area contributed by atoms with E-state index in [9.17, 15) is 17.4 Å². The standard InChI is InChI=1S/C19H17ClFNO4S2/c1-12(2)11-27(23)19-18(28(24,25)16-8-6-14(20)7-9-16)22-17(26-19)13-4-3-5-15(21)10-13/h3-10,12H,11H2,1-2H3. The summed E-state index contributed by atoms with van der Waals surface area (Å²) in [5.41, 5.74) is 0.250. The van der Waals surface area contributed by atoms with Gasteiger partial charge in [-0.2, -0.15) is 4.98 Å². The molecule has 3 rings (SSSR count). The Hall–Kier alpha value is -1.87. The average molecular weight is 442 g/mol. The molecule has 0 fully saturated rings. The molecule has 0 radical (unpaired) electrons. The van der Waals surface area contributed by atoms with Gasteiger partial charge in [0.15, 0.2) is 0 Å². The smallest absolute Gasteiger partial charge is 0.351 e. The van der Waals surface area contributed by atoms with Crippen LogP contribution in [-0.2, 0) is 21.0 Å². The third-order valence-corrected chi connectivity index (χ3v) is 7.43. The summed E-state index contributed by atoms with van der Waals surface area (Å²) in [6.45, 7) is 3.71. The van der Waals surface area contributed by atoms with E-state index in [1.54, 1.807) is 0 Å². The maximum absolute atomic E-state index is 13.6. The van der Waals surface area contributed by atoms with Crippen molar-refractivity contribution in [3.8, 4) is 11.5 Å². The van der Waals surface area contributed by atoms with Gasteiger partial charge in [0.1, 0.15) is 11.6 Å². The Bertz CT molecular complexity index is 1080. The second-order valence-electron chi connectivity index (χ2n) is 6.49. The molecule has 28 heavy (non-hydrogen) atoms. The number of hydrogen-bond acceptors (Lipinski definition) is 5. The van der Waals surface area contributed by atoms with E-state index in [0.717, 1.165) is 0 Å². The zero-order chi connectivity index (χ0) is 20.5. The molecule has 148 valence electrons. The van der Waals surface area contributed by atoms with Crippen LogP contribution in [0.4, 0.5) is 4.39 Å². The van der Waals surface area contributed by atoms with Crippen LogP contribution in [0.2, 0.25) is 5.02 Å².